The van der Waals surface area contributed by atoms with E-state index in [-0.39, 0.29) is 17.2 Å². The van der Waals surface area contributed by atoms with E-state index in [1.54, 1.807) is 18.2 Å². The predicted octanol–water partition coefficient (Wildman–Crippen LogP) is 1.70. The molecule has 0 heterocycles. The number of benzene rings is 1. The van der Waals surface area contributed by atoms with Gasteiger partial charge in [0.2, 0.25) is 0 Å². The number of hydrogen-bond acceptors (Lipinski definition) is 2. The zero-order chi connectivity index (χ0) is 10.6. The Bertz CT molecular complexity index is 358. The standard InChI is InChI=1S/C11H13NO2/c1-8(2)7-12-11(14)9-5-3-4-6-10(9)13/h3-6,13H,1,7H2,2H3,(H,12,14). The minimum absolute atomic E-state index is 0.00767. The highest BCUT2D eigenvalue weighted by molar-refractivity contribution is 5.96. The molecule has 0 unspecified atom stereocenters. The Morgan fingerprint density at radius 1 is 1.50 bits per heavy atom. The Labute approximate surface area is 83.1 Å². The molecule has 0 saturated heterocycles. The van der Waals surface area contributed by atoms with Crippen molar-refractivity contribution < 1.29 is 9.90 Å². The lowest BCUT2D eigenvalue weighted by Crippen LogP contribution is -2.24. The minimum atomic E-state index is -0.286. The molecule has 0 atom stereocenters. The Morgan fingerprint density at radius 2 is 2.14 bits per heavy atom. The summed E-state index contributed by atoms with van der Waals surface area (Å²) in [6.07, 6.45) is 0. The normalized spacial score (nSPS) is 9.50. The van der Waals surface area contributed by atoms with Crippen molar-refractivity contribution in [2.75, 3.05) is 6.54 Å². The van der Waals surface area contributed by atoms with Gasteiger partial charge >= 0.3 is 0 Å². The fourth-order valence-corrected chi connectivity index (χ4v) is 0.992. The third kappa shape index (κ3) is 2.62. The molecule has 0 aliphatic heterocycles. The van der Waals surface area contributed by atoms with Crippen molar-refractivity contribution in [3.05, 3.63) is 42.0 Å². The van der Waals surface area contributed by atoms with E-state index in [1.165, 1.54) is 6.07 Å². The molecule has 0 bridgehead atoms. The van der Waals surface area contributed by atoms with Gasteiger partial charge in [0.1, 0.15) is 5.75 Å². The molecule has 0 spiro atoms. The van der Waals surface area contributed by atoms with Crippen molar-refractivity contribution in [2.24, 2.45) is 0 Å². The molecule has 0 aromatic heterocycles. The summed E-state index contributed by atoms with van der Waals surface area (Å²) >= 11 is 0. The zero-order valence-electron chi connectivity index (χ0n) is 8.08. The average Bonchev–Trinajstić information content (AvgIpc) is 2.15. The van der Waals surface area contributed by atoms with Crippen LogP contribution in [0.15, 0.2) is 36.4 Å². The molecule has 0 fully saturated rings. The van der Waals surface area contributed by atoms with Gasteiger partial charge in [-0.3, -0.25) is 4.79 Å². The molecule has 1 aromatic rings. The van der Waals surface area contributed by atoms with E-state index in [1.807, 2.05) is 6.92 Å². The number of nitrogens with one attached hydrogen (secondary N) is 1. The Hall–Kier alpha value is -1.77. The van der Waals surface area contributed by atoms with Gasteiger partial charge in [0.25, 0.3) is 5.91 Å². The highest BCUT2D eigenvalue weighted by Crippen LogP contribution is 2.14. The fourth-order valence-electron chi connectivity index (χ4n) is 0.992. The Kier molecular flexibility index (Phi) is 3.29. The van der Waals surface area contributed by atoms with Gasteiger partial charge in [0.15, 0.2) is 0 Å². The maximum atomic E-state index is 11.5. The molecule has 74 valence electrons. The van der Waals surface area contributed by atoms with Gasteiger partial charge in [-0.25, -0.2) is 0 Å². The van der Waals surface area contributed by atoms with E-state index in [2.05, 4.69) is 11.9 Å². The first kappa shape index (κ1) is 10.3. The number of amides is 1. The van der Waals surface area contributed by atoms with Gasteiger partial charge < -0.3 is 10.4 Å². The van der Waals surface area contributed by atoms with Crippen molar-refractivity contribution in [1.29, 1.82) is 0 Å². The summed E-state index contributed by atoms with van der Waals surface area (Å²) in [6.45, 7) is 5.91. The molecule has 0 aliphatic carbocycles. The van der Waals surface area contributed by atoms with Crippen LogP contribution in [-0.4, -0.2) is 17.6 Å². The summed E-state index contributed by atoms with van der Waals surface area (Å²) in [5, 5.41) is 12.0. The summed E-state index contributed by atoms with van der Waals surface area (Å²) in [6, 6.07) is 6.43. The lowest BCUT2D eigenvalue weighted by molar-refractivity contribution is 0.0954. The third-order valence-electron chi connectivity index (χ3n) is 1.70. The van der Waals surface area contributed by atoms with Gasteiger partial charge in [-0.15, -0.1) is 0 Å². The first-order valence-electron chi connectivity index (χ1n) is 4.32. The van der Waals surface area contributed by atoms with E-state index in [0.29, 0.717) is 6.54 Å². The number of carbonyl (C=O) groups is 1. The molecule has 1 rings (SSSR count). The van der Waals surface area contributed by atoms with Gasteiger partial charge in [0.05, 0.1) is 5.56 Å². The van der Waals surface area contributed by atoms with Crippen molar-refractivity contribution in [3.63, 3.8) is 0 Å². The molecular formula is C11H13NO2. The molecule has 3 nitrogen and oxygen atoms in total. The second kappa shape index (κ2) is 4.46. The molecule has 1 aromatic carbocycles. The Morgan fingerprint density at radius 3 is 2.71 bits per heavy atom. The van der Waals surface area contributed by atoms with E-state index >= 15 is 0 Å². The minimum Gasteiger partial charge on any atom is -0.507 e. The molecule has 0 aliphatic rings. The number of rotatable bonds is 3. The van der Waals surface area contributed by atoms with E-state index in [0.717, 1.165) is 5.57 Å². The van der Waals surface area contributed by atoms with Crippen LogP contribution in [-0.2, 0) is 0 Å². The van der Waals surface area contributed by atoms with Gasteiger partial charge in [0, 0.05) is 6.54 Å². The zero-order valence-corrected chi connectivity index (χ0v) is 8.08. The predicted molar refractivity (Wildman–Crippen MR) is 55.3 cm³/mol. The molecule has 0 saturated carbocycles. The second-order valence-electron chi connectivity index (χ2n) is 3.16. The van der Waals surface area contributed by atoms with Crippen LogP contribution in [0.25, 0.3) is 0 Å². The summed E-state index contributed by atoms with van der Waals surface area (Å²) < 4.78 is 0. The summed E-state index contributed by atoms with van der Waals surface area (Å²) in [4.78, 5) is 11.5. The molecule has 14 heavy (non-hydrogen) atoms. The second-order valence-corrected chi connectivity index (χ2v) is 3.16. The van der Waals surface area contributed by atoms with Gasteiger partial charge in [-0.05, 0) is 19.1 Å². The van der Waals surface area contributed by atoms with Crippen molar-refractivity contribution in [1.82, 2.24) is 5.32 Å². The van der Waals surface area contributed by atoms with Crippen molar-refractivity contribution in [2.45, 2.75) is 6.92 Å². The quantitative estimate of drug-likeness (QED) is 0.714. The first-order valence-corrected chi connectivity index (χ1v) is 4.32. The summed E-state index contributed by atoms with van der Waals surface area (Å²) in [7, 11) is 0. The molecule has 0 radical (unpaired) electrons. The Balaban J connectivity index is 2.70. The number of phenols is 1. The topological polar surface area (TPSA) is 49.3 Å². The van der Waals surface area contributed by atoms with Crippen LogP contribution in [0.3, 0.4) is 0 Å². The summed E-state index contributed by atoms with van der Waals surface area (Å²) in [5.41, 5.74) is 1.16. The van der Waals surface area contributed by atoms with Crippen molar-refractivity contribution >= 4 is 5.91 Å². The number of phenolic OH excluding ortho intramolecular Hbond substituents is 1. The van der Waals surface area contributed by atoms with Crippen LogP contribution in [0.2, 0.25) is 0 Å². The van der Waals surface area contributed by atoms with E-state index in [4.69, 9.17) is 0 Å². The van der Waals surface area contributed by atoms with Gasteiger partial charge in [-0.1, -0.05) is 24.3 Å². The maximum absolute atomic E-state index is 11.5. The molecule has 3 heteroatoms. The van der Waals surface area contributed by atoms with E-state index < -0.39 is 0 Å². The third-order valence-corrected chi connectivity index (χ3v) is 1.70. The largest absolute Gasteiger partial charge is 0.507 e. The number of carbonyl (C=O) groups excluding carboxylic acids is 1. The molecule has 2 N–H and O–H groups in total. The maximum Gasteiger partial charge on any atom is 0.255 e. The van der Waals surface area contributed by atoms with Crippen LogP contribution >= 0.6 is 0 Å². The lowest BCUT2D eigenvalue weighted by Gasteiger charge is -2.05. The highest BCUT2D eigenvalue weighted by atomic mass is 16.3. The van der Waals surface area contributed by atoms with Crippen molar-refractivity contribution in [3.8, 4) is 5.75 Å². The number of para-hydroxylation sites is 1. The monoisotopic (exact) mass is 191 g/mol. The van der Waals surface area contributed by atoms with Crippen LogP contribution in [0.5, 0.6) is 5.75 Å². The first-order chi connectivity index (χ1) is 6.61. The number of aromatic hydroxyl groups is 1. The molecular weight excluding hydrogens is 178 g/mol. The van der Waals surface area contributed by atoms with Crippen LogP contribution in [0.1, 0.15) is 17.3 Å². The van der Waals surface area contributed by atoms with Crippen LogP contribution < -0.4 is 5.32 Å². The van der Waals surface area contributed by atoms with Crippen LogP contribution in [0.4, 0.5) is 0 Å². The number of hydrogen-bond donors (Lipinski definition) is 2. The van der Waals surface area contributed by atoms with E-state index in [9.17, 15) is 9.90 Å². The molecule has 1 amide bonds. The summed E-state index contributed by atoms with van der Waals surface area (Å²) in [5.74, 6) is -0.294. The SMILES string of the molecule is C=C(C)CNC(=O)c1ccccc1O. The fraction of sp³-hybridized carbons (Fsp3) is 0.182. The van der Waals surface area contributed by atoms with Gasteiger partial charge in [-0.2, -0.15) is 0 Å². The lowest BCUT2D eigenvalue weighted by atomic mass is 10.2. The smallest absolute Gasteiger partial charge is 0.255 e. The van der Waals surface area contributed by atoms with Crippen LogP contribution in [0, 0.1) is 0 Å². The average molecular weight is 191 g/mol. The highest BCUT2D eigenvalue weighted by Gasteiger charge is 2.08.